The van der Waals surface area contributed by atoms with Crippen LogP contribution in [0.3, 0.4) is 0 Å². The van der Waals surface area contributed by atoms with Crippen molar-refractivity contribution in [2.24, 2.45) is 0 Å². The Hall–Kier alpha value is -0.830. The Morgan fingerprint density at radius 1 is 1.20 bits per heavy atom. The zero-order chi connectivity index (χ0) is 10.8. The van der Waals surface area contributed by atoms with Gasteiger partial charge in [-0.15, -0.1) is 10.2 Å². The molecule has 4 heteroatoms. The van der Waals surface area contributed by atoms with Gasteiger partial charge < -0.3 is 4.90 Å². The molecule has 1 aliphatic rings. The summed E-state index contributed by atoms with van der Waals surface area (Å²) in [5.74, 6) is 0.944. The monoisotopic (exact) mass is 225 g/mol. The fourth-order valence-electron chi connectivity index (χ4n) is 2.32. The average Bonchev–Trinajstić information content (AvgIpc) is 2.20. The molecule has 0 saturated carbocycles. The van der Waals surface area contributed by atoms with Crippen LogP contribution in [-0.2, 0) is 0 Å². The van der Waals surface area contributed by atoms with Crippen LogP contribution in [0.25, 0.3) is 0 Å². The van der Waals surface area contributed by atoms with Crippen LogP contribution >= 0.6 is 11.6 Å². The normalized spacial score (nSPS) is 26.7. The number of hydrogen-bond acceptors (Lipinski definition) is 3. The van der Waals surface area contributed by atoms with E-state index in [1.54, 1.807) is 6.07 Å². The zero-order valence-corrected chi connectivity index (χ0v) is 9.91. The molecule has 82 valence electrons. The summed E-state index contributed by atoms with van der Waals surface area (Å²) in [6.07, 6.45) is 3.77. The van der Waals surface area contributed by atoms with E-state index in [2.05, 4.69) is 28.9 Å². The van der Waals surface area contributed by atoms with Crippen molar-refractivity contribution in [1.29, 1.82) is 0 Å². The van der Waals surface area contributed by atoms with Gasteiger partial charge >= 0.3 is 0 Å². The predicted molar refractivity (Wildman–Crippen MR) is 62.3 cm³/mol. The van der Waals surface area contributed by atoms with E-state index in [0.29, 0.717) is 17.2 Å². The lowest BCUT2D eigenvalue weighted by Crippen LogP contribution is -2.44. The maximum atomic E-state index is 5.73. The molecule has 0 bridgehead atoms. The molecule has 3 nitrogen and oxygen atoms in total. The highest BCUT2D eigenvalue weighted by atomic mass is 35.5. The Morgan fingerprint density at radius 3 is 2.40 bits per heavy atom. The van der Waals surface area contributed by atoms with Gasteiger partial charge in [-0.1, -0.05) is 11.6 Å². The van der Waals surface area contributed by atoms with Crippen LogP contribution in [0.1, 0.15) is 33.1 Å². The SMILES string of the molecule is CC1CCCC(C)N1c1ccc(Cl)nn1. The van der Waals surface area contributed by atoms with Crippen LogP contribution < -0.4 is 4.90 Å². The summed E-state index contributed by atoms with van der Waals surface area (Å²) in [4.78, 5) is 2.34. The van der Waals surface area contributed by atoms with Gasteiger partial charge in [0.15, 0.2) is 11.0 Å². The van der Waals surface area contributed by atoms with Gasteiger partial charge in [0.25, 0.3) is 0 Å². The predicted octanol–water partition coefficient (Wildman–Crippen LogP) is 2.90. The van der Waals surface area contributed by atoms with Crippen molar-refractivity contribution in [2.45, 2.75) is 45.2 Å². The molecule has 1 aromatic rings. The summed E-state index contributed by atoms with van der Waals surface area (Å²) in [5.41, 5.74) is 0. The Balaban J connectivity index is 2.23. The molecule has 0 amide bonds. The summed E-state index contributed by atoms with van der Waals surface area (Å²) in [6, 6.07) is 4.85. The molecule has 0 aliphatic carbocycles. The zero-order valence-electron chi connectivity index (χ0n) is 9.15. The molecule has 1 saturated heterocycles. The summed E-state index contributed by atoms with van der Waals surface area (Å²) in [5, 5.41) is 8.50. The molecule has 1 aliphatic heterocycles. The van der Waals surface area contributed by atoms with Crippen LogP contribution in [0, 0.1) is 0 Å². The molecule has 15 heavy (non-hydrogen) atoms. The molecule has 2 unspecified atom stereocenters. The Labute approximate surface area is 95.5 Å². The smallest absolute Gasteiger partial charge is 0.151 e. The first-order valence-corrected chi connectivity index (χ1v) is 5.84. The van der Waals surface area contributed by atoms with E-state index in [9.17, 15) is 0 Å². The largest absolute Gasteiger partial charge is 0.350 e. The minimum Gasteiger partial charge on any atom is -0.350 e. The summed E-state index contributed by atoms with van der Waals surface area (Å²) < 4.78 is 0. The van der Waals surface area contributed by atoms with Crippen LogP contribution in [0.5, 0.6) is 0 Å². The van der Waals surface area contributed by atoms with Crippen LogP contribution in [0.4, 0.5) is 5.82 Å². The van der Waals surface area contributed by atoms with Gasteiger partial charge in [-0.3, -0.25) is 0 Å². The van der Waals surface area contributed by atoms with Crippen LogP contribution in [-0.4, -0.2) is 22.3 Å². The molecule has 0 aromatic carbocycles. The lowest BCUT2D eigenvalue weighted by atomic mass is 9.98. The maximum Gasteiger partial charge on any atom is 0.151 e. The first kappa shape index (κ1) is 10.7. The lowest BCUT2D eigenvalue weighted by Gasteiger charge is -2.39. The van der Waals surface area contributed by atoms with Gasteiger partial charge in [-0.05, 0) is 45.2 Å². The first-order valence-electron chi connectivity index (χ1n) is 5.46. The highest BCUT2D eigenvalue weighted by molar-refractivity contribution is 6.29. The maximum absolute atomic E-state index is 5.73. The second kappa shape index (κ2) is 4.35. The van der Waals surface area contributed by atoms with Crippen molar-refractivity contribution in [1.82, 2.24) is 10.2 Å². The van der Waals surface area contributed by atoms with E-state index in [1.807, 2.05) is 6.07 Å². The van der Waals surface area contributed by atoms with Crippen LogP contribution in [0.2, 0.25) is 5.15 Å². The van der Waals surface area contributed by atoms with Crippen molar-refractivity contribution in [3.63, 3.8) is 0 Å². The van der Waals surface area contributed by atoms with E-state index in [0.717, 1.165) is 5.82 Å². The van der Waals surface area contributed by atoms with Gasteiger partial charge in [0.1, 0.15) is 0 Å². The summed E-state index contributed by atoms with van der Waals surface area (Å²) >= 11 is 5.73. The molecular formula is C11H16ClN3. The molecule has 2 heterocycles. The van der Waals surface area contributed by atoms with E-state index < -0.39 is 0 Å². The number of hydrogen-bond donors (Lipinski definition) is 0. The van der Waals surface area contributed by atoms with Crippen molar-refractivity contribution in [3.05, 3.63) is 17.3 Å². The third-order valence-electron chi connectivity index (χ3n) is 3.08. The first-order chi connectivity index (χ1) is 7.18. The molecule has 0 radical (unpaired) electrons. The quantitative estimate of drug-likeness (QED) is 0.736. The molecule has 1 fully saturated rings. The standard InChI is InChI=1S/C11H16ClN3/c1-8-4-3-5-9(2)15(8)11-7-6-10(12)13-14-11/h6-9H,3-5H2,1-2H3. The minimum absolute atomic E-state index is 0.455. The number of aromatic nitrogens is 2. The Kier molecular flexibility index (Phi) is 3.10. The topological polar surface area (TPSA) is 29.0 Å². The number of piperidine rings is 1. The van der Waals surface area contributed by atoms with Gasteiger partial charge in [0, 0.05) is 12.1 Å². The molecule has 1 aromatic heterocycles. The Bertz CT molecular complexity index is 315. The van der Waals surface area contributed by atoms with Crippen molar-refractivity contribution in [3.8, 4) is 0 Å². The fraction of sp³-hybridized carbons (Fsp3) is 0.636. The third-order valence-corrected chi connectivity index (χ3v) is 3.28. The van der Waals surface area contributed by atoms with Crippen molar-refractivity contribution >= 4 is 17.4 Å². The van der Waals surface area contributed by atoms with E-state index in [1.165, 1.54) is 19.3 Å². The highest BCUT2D eigenvalue weighted by Gasteiger charge is 2.25. The van der Waals surface area contributed by atoms with Gasteiger partial charge in [0.2, 0.25) is 0 Å². The summed E-state index contributed by atoms with van der Waals surface area (Å²) in [7, 11) is 0. The molecule has 2 atom stereocenters. The molecule has 0 spiro atoms. The molecular weight excluding hydrogens is 210 g/mol. The number of nitrogens with zero attached hydrogens (tertiary/aromatic N) is 3. The lowest BCUT2D eigenvalue weighted by molar-refractivity contribution is 0.410. The van der Waals surface area contributed by atoms with Gasteiger partial charge in [-0.2, -0.15) is 0 Å². The second-order valence-electron chi connectivity index (χ2n) is 4.25. The minimum atomic E-state index is 0.455. The average molecular weight is 226 g/mol. The third kappa shape index (κ3) is 2.23. The number of halogens is 1. The van der Waals surface area contributed by atoms with Gasteiger partial charge in [0.05, 0.1) is 0 Å². The van der Waals surface area contributed by atoms with E-state index in [-0.39, 0.29) is 0 Å². The van der Waals surface area contributed by atoms with E-state index in [4.69, 9.17) is 11.6 Å². The number of anilines is 1. The highest BCUT2D eigenvalue weighted by Crippen LogP contribution is 2.27. The fourth-order valence-corrected chi connectivity index (χ4v) is 2.42. The Morgan fingerprint density at radius 2 is 1.87 bits per heavy atom. The van der Waals surface area contributed by atoms with E-state index >= 15 is 0 Å². The number of rotatable bonds is 1. The second-order valence-corrected chi connectivity index (χ2v) is 4.64. The molecule has 2 rings (SSSR count). The summed E-state index contributed by atoms with van der Waals surface area (Å²) in [6.45, 7) is 4.48. The van der Waals surface area contributed by atoms with Gasteiger partial charge in [-0.25, -0.2) is 0 Å². The van der Waals surface area contributed by atoms with Crippen LogP contribution in [0.15, 0.2) is 12.1 Å². The van der Waals surface area contributed by atoms with Crippen molar-refractivity contribution in [2.75, 3.05) is 4.90 Å². The van der Waals surface area contributed by atoms with Crippen molar-refractivity contribution < 1.29 is 0 Å². The molecule has 0 N–H and O–H groups in total.